The van der Waals surface area contributed by atoms with Gasteiger partial charge in [-0.15, -0.1) is 11.3 Å². The highest BCUT2D eigenvalue weighted by molar-refractivity contribution is 7.07. The van der Waals surface area contributed by atoms with Crippen molar-refractivity contribution in [2.45, 2.75) is 19.4 Å². The summed E-state index contributed by atoms with van der Waals surface area (Å²) in [7, 11) is 0. The van der Waals surface area contributed by atoms with E-state index in [1.165, 1.54) is 11.3 Å². The van der Waals surface area contributed by atoms with Gasteiger partial charge in [-0.3, -0.25) is 9.59 Å². The third-order valence-electron chi connectivity index (χ3n) is 2.75. The minimum absolute atomic E-state index is 0.123. The Bertz CT molecular complexity index is 414. The summed E-state index contributed by atoms with van der Waals surface area (Å²) in [6.45, 7) is 4.50. The van der Waals surface area contributed by atoms with Crippen molar-refractivity contribution in [1.82, 2.24) is 15.2 Å². The molecule has 0 bridgehead atoms. The Hall–Kier alpha value is -1.43. The maximum Gasteiger partial charge on any atom is 0.274 e. The predicted octanol–water partition coefficient (Wildman–Crippen LogP) is 0.494. The van der Waals surface area contributed by atoms with E-state index in [0.717, 1.165) is 0 Å². The quantitative estimate of drug-likeness (QED) is 0.776. The van der Waals surface area contributed by atoms with Crippen LogP contribution in [0.1, 0.15) is 24.3 Å². The molecule has 1 aromatic heterocycles. The molecule has 1 saturated heterocycles. The van der Waals surface area contributed by atoms with Gasteiger partial charge in [0.15, 0.2) is 0 Å². The number of aromatic nitrogens is 1. The van der Waals surface area contributed by atoms with E-state index in [1.54, 1.807) is 29.6 Å². The highest BCUT2D eigenvalue weighted by atomic mass is 32.1. The fourth-order valence-corrected chi connectivity index (χ4v) is 2.24. The lowest BCUT2D eigenvalue weighted by Crippen LogP contribution is -2.63. The van der Waals surface area contributed by atoms with Crippen LogP contribution in [-0.4, -0.2) is 40.3 Å². The van der Waals surface area contributed by atoms with Crippen molar-refractivity contribution in [2.75, 3.05) is 13.1 Å². The van der Waals surface area contributed by atoms with Crippen LogP contribution in [0.3, 0.4) is 0 Å². The monoisotopic (exact) mass is 239 g/mol. The molecule has 0 radical (unpaired) electrons. The minimum Gasteiger partial charge on any atom is -0.352 e. The smallest absolute Gasteiger partial charge is 0.274 e. The number of hydrogen-bond acceptors (Lipinski definition) is 4. The van der Waals surface area contributed by atoms with Crippen molar-refractivity contribution in [3.05, 3.63) is 16.6 Å². The number of carbonyl (C=O) groups excluding carboxylic acids is 2. The first kappa shape index (κ1) is 11.1. The van der Waals surface area contributed by atoms with Gasteiger partial charge in [0.1, 0.15) is 11.2 Å². The van der Waals surface area contributed by atoms with Crippen molar-refractivity contribution in [1.29, 1.82) is 0 Å². The third-order valence-corrected chi connectivity index (χ3v) is 3.33. The van der Waals surface area contributed by atoms with E-state index in [4.69, 9.17) is 0 Å². The number of nitrogens with zero attached hydrogens (tertiary/aromatic N) is 2. The topological polar surface area (TPSA) is 62.3 Å². The van der Waals surface area contributed by atoms with Gasteiger partial charge in [-0.25, -0.2) is 4.98 Å². The Kier molecular flexibility index (Phi) is 2.67. The average molecular weight is 239 g/mol. The van der Waals surface area contributed by atoms with Crippen LogP contribution in [-0.2, 0) is 4.79 Å². The SMILES string of the molecule is CC1(C)C(=O)NCCN1C(=O)c1cscn1. The first-order valence-corrected chi connectivity index (χ1v) is 5.96. The van der Waals surface area contributed by atoms with Gasteiger partial charge in [0.05, 0.1) is 5.51 Å². The zero-order chi connectivity index (χ0) is 11.8. The molecule has 0 aromatic carbocycles. The van der Waals surface area contributed by atoms with E-state index in [-0.39, 0.29) is 11.8 Å². The second kappa shape index (κ2) is 3.86. The molecule has 1 N–H and O–H groups in total. The lowest BCUT2D eigenvalue weighted by Gasteiger charge is -2.40. The number of hydrogen-bond donors (Lipinski definition) is 1. The molecule has 0 aliphatic carbocycles. The van der Waals surface area contributed by atoms with Crippen LogP contribution in [0, 0.1) is 0 Å². The molecule has 1 aromatic rings. The molecule has 1 fully saturated rings. The Morgan fingerprint density at radius 1 is 1.62 bits per heavy atom. The van der Waals surface area contributed by atoms with Crippen molar-refractivity contribution in [3.63, 3.8) is 0 Å². The second-order valence-electron chi connectivity index (χ2n) is 4.15. The minimum atomic E-state index is -0.807. The summed E-state index contributed by atoms with van der Waals surface area (Å²) < 4.78 is 0. The summed E-state index contributed by atoms with van der Waals surface area (Å²) in [5.41, 5.74) is 1.22. The van der Waals surface area contributed by atoms with E-state index >= 15 is 0 Å². The van der Waals surface area contributed by atoms with Gasteiger partial charge in [0.25, 0.3) is 5.91 Å². The first-order valence-electron chi connectivity index (χ1n) is 5.02. The fourth-order valence-electron chi connectivity index (χ4n) is 1.71. The lowest BCUT2D eigenvalue weighted by molar-refractivity contribution is -0.133. The Morgan fingerprint density at radius 3 is 3.00 bits per heavy atom. The van der Waals surface area contributed by atoms with Crippen LogP contribution < -0.4 is 5.32 Å². The standard InChI is InChI=1S/C10H13N3O2S/c1-10(2)9(15)11-3-4-13(10)8(14)7-5-16-6-12-7/h5-6H,3-4H2,1-2H3,(H,11,15). The molecule has 2 amide bonds. The molecule has 5 nitrogen and oxygen atoms in total. The summed E-state index contributed by atoms with van der Waals surface area (Å²) in [4.78, 5) is 29.3. The van der Waals surface area contributed by atoms with Crippen molar-refractivity contribution in [3.8, 4) is 0 Å². The Balaban J connectivity index is 2.26. The maximum absolute atomic E-state index is 12.1. The zero-order valence-electron chi connectivity index (χ0n) is 9.19. The molecule has 2 rings (SSSR count). The number of amides is 2. The van der Waals surface area contributed by atoms with Crippen LogP contribution in [0.2, 0.25) is 0 Å². The highest BCUT2D eigenvalue weighted by Gasteiger charge is 2.41. The molecule has 16 heavy (non-hydrogen) atoms. The van der Waals surface area contributed by atoms with Gasteiger partial charge in [-0.2, -0.15) is 0 Å². The zero-order valence-corrected chi connectivity index (χ0v) is 10.0. The summed E-state index contributed by atoms with van der Waals surface area (Å²) in [5, 5.41) is 4.45. The van der Waals surface area contributed by atoms with Gasteiger partial charge >= 0.3 is 0 Å². The van der Waals surface area contributed by atoms with Crippen LogP contribution >= 0.6 is 11.3 Å². The van der Waals surface area contributed by atoms with Crippen LogP contribution in [0.25, 0.3) is 0 Å². The highest BCUT2D eigenvalue weighted by Crippen LogP contribution is 2.20. The molecule has 1 aliphatic rings. The normalized spacial score (nSPS) is 19.4. The fraction of sp³-hybridized carbons (Fsp3) is 0.500. The summed E-state index contributed by atoms with van der Waals surface area (Å²) in [6, 6.07) is 0. The number of carbonyl (C=O) groups is 2. The van der Waals surface area contributed by atoms with Gasteiger partial charge in [0.2, 0.25) is 5.91 Å². The molecular weight excluding hydrogens is 226 g/mol. The molecule has 0 spiro atoms. The number of piperazine rings is 1. The molecule has 1 aliphatic heterocycles. The largest absolute Gasteiger partial charge is 0.352 e. The third kappa shape index (κ3) is 1.69. The molecule has 6 heteroatoms. The first-order chi connectivity index (χ1) is 7.53. The lowest BCUT2D eigenvalue weighted by atomic mass is 9.98. The van der Waals surface area contributed by atoms with Crippen LogP contribution in [0.5, 0.6) is 0 Å². The predicted molar refractivity (Wildman–Crippen MR) is 60.2 cm³/mol. The van der Waals surface area contributed by atoms with Crippen molar-refractivity contribution in [2.24, 2.45) is 0 Å². The van der Waals surface area contributed by atoms with Gasteiger partial charge in [0, 0.05) is 18.5 Å². The number of thiazole rings is 1. The molecule has 0 atom stereocenters. The van der Waals surface area contributed by atoms with E-state index < -0.39 is 5.54 Å². The number of rotatable bonds is 1. The molecular formula is C10H13N3O2S. The summed E-state index contributed by atoms with van der Waals surface area (Å²) in [5.74, 6) is -0.302. The molecule has 0 unspecified atom stereocenters. The van der Waals surface area contributed by atoms with E-state index in [2.05, 4.69) is 10.3 Å². The van der Waals surface area contributed by atoms with E-state index in [9.17, 15) is 9.59 Å². The second-order valence-corrected chi connectivity index (χ2v) is 4.86. The van der Waals surface area contributed by atoms with E-state index in [1.807, 2.05) is 0 Å². The van der Waals surface area contributed by atoms with Gasteiger partial charge < -0.3 is 10.2 Å². The van der Waals surface area contributed by atoms with Crippen LogP contribution in [0.15, 0.2) is 10.9 Å². The maximum atomic E-state index is 12.1. The van der Waals surface area contributed by atoms with Crippen molar-refractivity contribution >= 4 is 23.2 Å². The van der Waals surface area contributed by atoms with Gasteiger partial charge in [-0.1, -0.05) is 0 Å². The Labute approximate surface area is 97.5 Å². The van der Waals surface area contributed by atoms with E-state index in [0.29, 0.717) is 18.8 Å². The summed E-state index contributed by atoms with van der Waals surface area (Å²) >= 11 is 1.37. The molecule has 0 saturated carbocycles. The Morgan fingerprint density at radius 2 is 2.38 bits per heavy atom. The average Bonchev–Trinajstić information content (AvgIpc) is 2.74. The summed E-state index contributed by atoms with van der Waals surface area (Å²) in [6.07, 6.45) is 0. The molecule has 2 heterocycles. The molecule has 86 valence electrons. The number of nitrogens with one attached hydrogen (secondary N) is 1. The van der Waals surface area contributed by atoms with Gasteiger partial charge in [-0.05, 0) is 13.8 Å². The van der Waals surface area contributed by atoms with Crippen LogP contribution in [0.4, 0.5) is 0 Å². The van der Waals surface area contributed by atoms with Crippen molar-refractivity contribution < 1.29 is 9.59 Å².